The molecule has 1 saturated carbocycles. The molecule has 1 aliphatic carbocycles. The largest absolute Gasteiger partial charge is 0.480 e. The van der Waals surface area contributed by atoms with Crippen LogP contribution < -0.4 is 10.1 Å². The van der Waals surface area contributed by atoms with E-state index in [1.165, 1.54) is 0 Å². The van der Waals surface area contributed by atoms with Crippen molar-refractivity contribution < 1.29 is 19.4 Å². The van der Waals surface area contributed by atoms with Gasteiger partial charge in [0.15, 0.2) is 6.10 Å². The number of hydrogen-bond acceptors (Lipinski definition) is 3. The fourth-order valence-corrected chi connectivity index (χ4v) is 2.05. The molecule has 0 spiro atoms. The van der Waals surface area contributed by atoms with E-state index in [2.05, 4.69) is 5.32 Å². The van der Waals surface area contributed by atoms with E-state index >= 15 is 0 Å². The third-order valence-corrected chi connectivity index (χ3v) is 3.48. The molecule has 2 unspecified atom stereocenters. The third-order valence-electron chi connectivity index (χ3n) is 3.17. The molecular formula is C14H16ClNO4. The lowest BCUT2D eigenvalue weighted by atomic mass is 10.2. The molecule has 6 heteroatoms. The maximum atomic E-state index is 12.0. The van der Waals surface area contributed by atoms with Crippen molar-refractivity contribution in [1.29, 1.82) is 0 Å². The fourth-order valence-electron chi connectivity index (χ4n) is 1.87. The summed E-state index contributed by atoms with van der Waals surface area (Å²) in [4.78, 5) is 23.0. The number of amides is 1. The Morgan fingerprint density at radius 3 is 2.60 bits per heavy atom. The third kappa shape index (κ3) is 3.63. The Hall–Kier alpha value is -1.75. The minimum absolute atomic E-state index is 0.0314. The van der Waals surface area contributed by atoms with E-state index in [-0.39, 0.29) is 5.92 Å². The summed E-state index contributed by atoms with van der Waals surface area (Å²) in [6, 6.07) is 5.98. The van der Waals surface area contributed by atoms with E-state index < -0.39 is 24.0 Å². The zero-order chi connectivity index (χ0) is 14.7. The maximum Gasteiger partial charge on any atom is 0.326 e. The van der Waals surface area contributed by atoms with Crippen LogP contribution in [0.25, 0.3) is 0 Å². The number of nitrogens with one attached hydrogen (secondary N) is 1. The topological polar surface area (TPSA) is 75.6 Å². The van der Waals surface area contributed by atoms with Crippen molar-refractivity contribution in [3.63, 3.8) is 0 Å². The van der Waals surface area contributed by atoms with Gasteiger partial charge in [-0.2, -0.15) is 0 Å². The summed E-state index contributed by atoms with van der Waals surface area (Å²) in [5.74, 6) is -1.03. The fraction of sp³-hybridized carbons (Fsp3) is 0.429. The Morgan fingerprint density at radius 2 is 2.05 bits per heavy atom. The molecule has 1 aromatic carbocycles. The van der Waals surface area contributed by atoms with E-state index in [4.69, 9.17) is 21.4 Å². The second kappa shape index (κ2) is 6.13. The number of ether oxygens (including phenoxy) is 1. The van der Waals surface area contributed by atoms with Crippen molar-refractivity contribution in [2.45, 2.75) is 31.9 Å². The average Bonchev–Trinajstić information content (AvgIpc) is 3.22. The molecule has 20 heavy (non-hydrogen) atoms. The van der Waals surface area contributed by atoms with Gasteiger partial charge in [0.1, 0.15) is 11.8 Å². The molecule has 0 aromatic heterocycles. The standard InChI is InChI=1S/C14H16ClNO4/c1-8(20-11-5-3-2-4-10(11)15)13(17)16-12(14(18)19)9-6-7-9/h2-5,8-9,12H,6-7H2,1H3,(H,16,17)(H,18,19). The molecule has 0 bridgehead atoms. The van der Waals surface area contributed by atoms with Crippen LogP contribution in [0.2, 0.25) is 5.02 Å². The van der Waals surface area contributed by atoms with Gasteiger partial charge < -0.3 is 15.2 Å². The van der Waals surface area contributed by atoms with Crippen molar-refractivity contribution in [1.82, 2.24) is 5.32 Å². The highest BCUT2D eigenvalue weighted by atomic mass is 35.5. The first-order chi connectivity index (χ1) is 9.49. The monoisotopic (exact) mass is 297 g/mol. The van der Waals surface area contributed by atoms with Crippen LogP contribution in [-0.4, -0.2) is 29.1 Å². The lowest BCUT2D eigenvalue weighted by Gasteiger charge is -2.19. The molecule has 1 aliphatic rings. The number of carbonyl (C=O) groups is 2. The van der Waals surface area contributed by atoms with Gasteiger partial charge in [-0.05, 0) is 37.8 Å². The number of carbonyl (C=O) groups excluding carboxylic acids is 1. The zero-order valence-corrected chi connectivity index (χ0v) is 11.8. The lowest BCUT2D eigenvalue weighted by Crippen LogP contribution is -2.47. The predicted octanol–water partition coefficient (Wildman–Crippen LogP) is 2.09. The van der Waals surface area contributed by atoms with Crippen LogP contribution >= 0.6 is 11.6 Å². The summed E-state index contributed by atoms with van der Waals surface area (Å²) in [6.45, 7) is 1.56. The first-order valence-electron chi connectivity index (χ1n) is 6.43. The molecule has 2 N–H and O–H groups in total. The Bertz CT molecular complexity index is 516. The van der Waals surface area contributed by atoms with Crippen LogP contribution in [-0.2, 0) is 9.59 Å². The predicted molar refractivity (Wildman–Crippen MR) is 73.8 cm³/mol. The number of carboxylic acid groups (broad SMARTS) is 1. The molecule has 108 valence electrons. The first-order valence-corrected chi connectivity index (χ1v) is 6.81. The minimum Gasteiger partial charge on any atom is -0.480 e. The lowest BCUT2D eigenvalue weighted by molar-refractivity contribution is -0.143. The van der Waals surface area contributed by atoms with Crippen molar-refractivity contribution in [3.8, 4) is 5.75 Å². The number of carboxylic acids is 1. The average molecular weight is 298 g/mol. The van der Waals surface area contributed by atoms with Gasteiger partial charge in [0.2, 0.25) is 0 Å². The molecule has 1 fully saturated rings. The quantitative estimate of drug-likeness (QED) is 0.843. The minimum atomic E-state index is -1.01. The van der Waals surface area contributed by atoms with Crippen LogP contribution in [0.4, 0.5) is 0 Å². The van der Waals surface area contributed by atoms with Gasteiger partial charge in [0.05, 0.1) is 5.02 Å². The summed E-state index contributed by atoms with van der Waals surface area (Å²) in [5.41, 5.74) is 0. The summed E-state index contributed by atoms with van der Waals surface area (Å²) in [6.07, 6.45) is 0.851. The van der Waals surface area contributed by atoms with Crippen LogP contribution in [0.5, 0.6) is 5.75 Å². The van der Waals surface area contributed by atoms with E-state index in [1.54, 1.807) is 31.2 Å². The van der Waals surface area contributed by atoms with E-state index in [0.717, 1.165) is 12.8 Å². The molecule has 1 aromatic rings. The van der Waals surface area contributed by atoms with Crippen molar-refractivity contribution in [2.24, 2.45) is 5.92 Å². The molecule has 0 radical (unpaired) electrons. The zero-order valence-electron chi connectivity index (χ0n) is 11.0. The van der Waals surface area contributed by atoms with Crippen molar-refractivity contribution >= 4 is 23.5 Å². The number of rotatable bonds is 6. The molecule has 5 nitrogen and oxygen atoms in total. The van der Waals surface area contributed by atoms with Gasteiger partial charge in [-0.1, -0.05) is 23.7 Å². The maximum absolute atomic E-state index is 12.0. The summed E-state index contributed by atoms with van der Waals surface area (Å²) >= 11 is 5.94. The number of benzene rings is 1. The van der Waals surface area contributed by atoms with E-state index in [0.29, 0.717) is 10.8 Å². The Labute approximate surface area is 121 Å². The van der Waals surface area contributed by atoms with Crippen LogP contribution in [0, 0.1) is 5.92 Å². The van der Waals surface area contributed by atoms with Crippen molar-refractivity contribution in [3.05, 3.63) is 29.3 Å². The van der Waals surface area contributed by atoms with Gasteiger partial charge in [0, 0.05) is 0 Å². The van der Waals surface area contributed by atoms with Gasteiger partial charge in [0.25, 0.3) is 5.91 Å². The molecule has 0 aliphatic heterocycles. The molecule has 1 amide bonds. The molecule has 2 atom stereocenters. The van der Waals surface area contributed by atoms with Crippen molar-refractivity contribution in [2.75, 3.05) is 0 Å². The highest BCUT2D eigenvalue weighted by Gasteiger charge is 2.38. The second-order valence-electron chi connectivity index (χ2n) is 4.85. The van der Waals surface area contributed by atoms with Crippen LogP contribution in [0.3, 0.4) is 0 Å². The molecule has 0 heterocycles. The Morgan fingerprint density at radius 1 is 1.40 bits per heavy atom. The van der Waals surface area contributed by atoms with Gasteiger partial charge in [-0.3, -0.25) is 4.79 Å². The molecule has 2 rings (SSSR count). The van der Waals surface area contributed by atoms with Crippen LogP contribution in [0.15, 0.2) is 24.3 Å². The highest BCUT2D eigenvalue weighted by Crippen LogP contribution is 2.33. The smallest absolute Gasteiger partial charge is 0.326 e. The normalized spacial score (nSPS) is 17.1. The summed E-state index contributed by atoms with van der Waals surface area (Å²) in [5, 5.41) is 12.0. The van der Waals surface area contributed by atoms with Crippen LogP contribution in [0.1, 0.15) is 19.8 Å². The second-order valence-corrected chi connectivity index (χ2v) is 5.26. The first kappa shape index (κ1) is 14.7. The Kier molecular flexibility index (Phi) is 4.49. The summed E-state index contributed by atoms with van der Waals surface area (Å²) in [7, 11) is 0. The number of aliphatic carboxylic acids is 1. The highest BCUT2D eigenvalue weighted by molar-refractivity contribution is 6.32. The SMILES string of the molecule is CC(Oc1ccccc1Cl)C(=O)NC(C(=O)O)C1CC1. The van der Waals surface area contributed by atoms with Gasteiger partial charge >= 0.3 is 5.97 Å². The molecule has 0 saturated heterocycles. The summed E-state index contributed by atoms with van der Waals surface area (Å²) < 4.78 is 5.45. The molecular weight excluding hydrogens is 282 g/mol. The van der Waals surface area contributed by atoms with Gasteiger partial charge in [-0.15, -0.1) is 0 Å². The number of halogens is 1. The van der Waals surface area contributed by atoms with Gasteiger partial charge in [-0.25, -0.2) is 4.79 Å². The number of para-hydroxylation sites is 1. The van der Waals surface area contributed by atoms with E-state index in [9.17, 15) is 9.59 Å². The Balaban J connectivity index is 1.95. The van der Waals surface area contributed by atoms with E-state index in [1.807, 2.05) is 0 Å². The number of hydrogen-bond donors (Lipinski definition) is 2.